The molecule has 1 amide bonds. The fourth-order valence-electron chi connectivity index (χ4n) is 2.92. The molecule has 1 aromatic carbocycles. The fourth-order valence-corrected chi connectivity index (χ4v) is 2.92. The Kier molecular flexibility index (Phi) is 5.78. The van der Waals surface area contributed by atoms with Gasteiger partial charge in [-0.2, -0.15) is 0 Å². The van der Waals surface area contributed by atoms with Crippen molar-refractivity contribution in [3.8, 4) is 17.6 Å². The van der Waals surface area contributed by atoms with Crippen LogP contribution in [0, 0.1) is 11.8 Å². The predicted octanol–water partition coefficient (Wildman–Crippen LogP) is 2.89. The second-order valence-corrected chi connectivity index (χ2v) is 7.18. The minimum atomic E-state index is -1.06. The molecule has 5 nitrogen and oxygen atoms in total. The highest BCUT2D eigenvalue weighted by Gasteiger charge is 2.24. The summed E-state index contributed by atoms with van der Waals surface area (Å²) in [5.41, 5.74) is 0.279. The van der Waals surface area contributed by atoms with Crippen molar-refractivity contribution >= 4 is 5.91 Å². The standard InChI is InChI=1S/C22H24N2O3/c1-22(2,26)11-6-17-4-3-5-18(16-17)21(25)24-14-9-20(10-15-24)27-19-7-12-23-13-8-19/h3-5,7-8,12-13,16,20,26H,9-10,14-15H2,1-2H3. The summed E-state index contributed by atoms with van der Waals surface area (Å²) in [6.07, 6.45) is 5.13. The van der Waals surface area contributed by atoms with Crippen LogP contribution in [0.5, 0.6) is 5.75 Å². The maximum atomic E-state index is 12.8. The Morgan fingerprint density at radius 3 is 2.59 bits per heavy atom. The average molecular weight is 364 g/mol. The predicted molar refractivity (Wildman–Crippen MR) is 103 cm³/mol. The van der Waals surface area contributed by atoms with E-state index in [1.807, 2.05) is 29.2 Å². The van der Waals surface area contributed by atoms with Crippen LogP contribution in [0.15, 0.2) is 48.8 Å². The van der Waals surface area contributed by atoms with Crippen molar-refractivity contribution < 1.29 is 14.6 Å². The van der Waals surface area contributed by atoms with Gasteiger partial charge in [0, 0.05) is 49.5 Å². The number of carbonyl (C=O) groups excluding carboxylic acids is 1. The van der Waals surface area contributed by atoms with E-state index in [-0.39, 0.29) is 12.0 Å². The van der Waals surface area contributed by atoms with Gasteiger partial charge in [0.25, 0.3) is 5.91 Å². The number of amides is 1. The van der Waals surface area contributed by atoms with Gasteiger partial charge in [-0.3, -0.25) is 9.78 Å². The van der Waals surface area contributed by atoms with E-state index in [0.717, 1.165) is 24.2 Å². The smallest absolute Gasteiger partial charge is 0.253 e. The highest BCUT2D eigenvalue weighted by atomic mass is 16.5. The molecule has 27 heavy (non-hydrogen) atoms. The van der Waals surface area contributed by atoms with Crippen LogP contribution in [-0.2, 0) is 0 Å². The lowest BCUT2D eigenvalue weighted by Crippen LogP contribution is -2.41. The number of piperidine rings is 1. The van der Waals surface area contributed by atoms with Gasteiger partial charge in [-0.05, 0) is 44.2 Å². The molecule has 2 heterocycles. The summed E-state index contributed by atoms with van der Waals surface area (Å²) >= 11 is 0. The van der Waals surface area contributed by atoms with Gasteiger partial charge in [-0.25, -0.2) is 0 Å². The second kappa shape index (κ2) is 8.24. The SMILES string of the molecule is CC(C)(O)C#Cc1cccc(C(=O)N2CCC(Oc3ccncc3)CC2)c1. The van der Waals surface area contributed by atoms with E-state index in [9.17, 15) is 9.90 Å². The molecular formula is C22H24N2O3. The number of ether oxygens (including phenoxy) is 1. The first-order chi connectivity index (χ1) is 12.9. The van der Waals surface area contributed by atoms with Crippen molar-refractivity contribution in [2.45, 2.75) is 38.4 Å². The number of hydrogen-bond acceptors (Lipinski definition) is 4. The summed E-state index contributed by atoms with van der Waals surface area (Å²) < 4.78 is 5.95. The van der Waals surface area contributed by atoms with Crippen LogP contribution in [-0.4, -0.2) is 45.7 Å². The van der Waals surface area contributed by atoms with Crippen LogP contribution >= 0.6 is 0 Å². The molecule has 1 aliphatic heterocycles. The molecule has 2 aromatic rings. The Balaban J connectivity index is 1.60. The van der Waals surface area contributed by atoms with E-state index in [0.29, 0.717) is 18.7 Å². The summed E-state index contributed by atoms with van der Waals surface area (Å²) in [4.78, 5) is 18.6. The topological polar surface area (TPSA) is 62.7 Å². The molecule has 1 fully saturated rings. The third kappa shape index (κ3) is 5.57. The minimum Gasteiger partial charge on any atom is -0.490 e. The van der Waals surface area contributed by atoms with Crippen molar-refractivity contribution in [3.63, 3.8) is 0 Å². The van der Waals surface area contributed by atoms with Crippen LogP contribution in [0.25, 0.3) is 0 Å². The normalized spacial score (nSPS) is 15.0. The summed E-state index contributed by atoms with van der Waals surface area (Å²) in [7, 11) is 0. The number of benzene rings is 1. The molecule has 0 unspecified atom stereocenters. The molecule has 140 valence electrons. The number of rotatable bonds is 3. The Hall–Kier alpha value is -2.84. The zero-order chi connectivity index (χ0) is 19.3. The van der Waals surface area contributed by atoms with Gasteiger partial charge in [-0.1, -0.05) is 17.9 Å². The molecule has 1 saturated heterocycles. The van der Waals surface area contributed by atoms with E-state index in [4.69, 9.17) is 4.74 Å². The summed E-state index contributed by atoms with van der Waals surface area (Å²) in [6.45, 7) is 4.59. The first-order valence-corrected chi connectivity index (χ1v) is 9.12. The lowest BCUT2D eigenvalue weighted by Gasteiger charge is -2.32. The van der Waals surface area contributed by atoms with Crippen LogP contribution < -0.4 is 4.74 Å². The molecule has 0 saturated carbocycles. The lowest BCUT2D eigenvalue weighted by atomic mass is 10.0. The number of hydrogen-bond donors (Lipinski definition) is 1. The first kappa shape index (κ1) is 18.9. The van der Waals surface area contributed by atoms with E-state index in [1.54, 1.807) is 38.4 Å². The lowest BCUT2D eigenvalue weighted by molar-refractivity contribution is 0.0595. The maximum absolute atomic E-state index is 12.8. The summed E-state index contributed by atoms with van der Waals surface area (Å²) in [6, 6.07) is 10.9. The highest BCUT2D eigenvalue weighted by molar-refractivity contribution is 5.94. The number of pyridine rings is 1. The Morgan fingerprint density at radius 1 is 1.22 bits per heavy atom. The third-order valence-corrected chi connectivity index (χ3v) is 4.30. The van der Waals surface area contributed by atoms with E-state index >= 15 is 0 Å². The average Bonchev–Trinajstić information content (AvgIpc) is 2.67. The van der Waals surface area contributed by atoms with Gasteiger partial charge in [0.15, 0.2) is 0 Å². The molecule has 1 N–H and O–H groups in total. The van der Waals surface area contributed by atoms with E-state index in [2.05, 4.69) is 16.8 Å². The van der Waals surface area contributed by atoms with Gasteiger partial charge in [0.05, 0.1) is 0 Å². The monoisotopic (exact) mass is 364 g/mol. The number of nitrogens with zero attached hydrogens (tertiary/aromatic N) is 2. The van der Waals surface area contributed by atoms with Crippen molar-refractivity contribution in [3.05, 3.63) is 59.9 Å². The van der Waals surface area contributed by atoms with Crippen molar-refractivity contribution in [2.75, 3.05) is 13.1 Å². The first-order valence-electron chi connectivity index (χ1n) is 9.12. The van der Waals surface area contributed by atoms with Crippen molar-refractivity contribution in [1.82, 2.24) is 9.88 Å². The molecule has 1 aromatic heterocycles. The zero-order valence-corrected chi connectivity index (χ0v) is 15.7. The van der Waals surface area contributed by atoms with Gasteiger partial charge < -0.3 is 14.7 Å². The third-order valence-electron chi connectivity index (χ3n) is 4.30. The minimum absolute atomic E-state index is 0.00395. The fraction of sp³-hybridized carbons (Fsp3) is 0.364. The Morgan fingerprint density at radius 2 is 1.93 bits per heavy atom. The number of carbonyl (C=O) groups is 1. The largest absolute Gasteiger partial charge is 0.490 e. The van der Waals surface area contributed by atoms with Crippen molar-refractivity contribution in [1.29, 1.82) is 0 Å². The van der Waals surface area contributed by atoms with E-state index in [1.165, 1.54) is 0 Å². The Bertz CT molecular complexity index is 839. The molecule has 5 heteroatoms. The summed E-state index contributed by atoms with van der Waals surface area (Å²) in [5, 5.41) is 9.73. The molecule has 1 aliphatic rings. The molecule has 0 atom stereocenters. The maximum Gasteiger partial charge on any atom is 0.253 e. The van der Waals surface area contributed by atoms with Gasteiger partial charge in [0.1, 0.15) is 17.5 Å². The van der Waals surface area contributed by atoms with E-state index < -0.39 is 5.60 Å². The van der Waals surface area contributed by atoms with Crippen LogP contribution in [0.2, 0.25) is 0 Å². The molecule has 0 radical (unpaired) electrons. The second-order valence-electron chi connectivity index (χ2n) is 7.18. The van der Waals surface area contributed by atoms with Crippen LogP contribution in [0.3, 0.4) is 0 Å². The zero-order valence-electron chi connectivity index (χ0n) is 15.7. The number of aromatic nitrogens is 1. The number of aliphatic hydroxyl groups is 1. The number of likely N-dealkylation sites (tertiary alicyclic amines) is 1. The Labute approximate surface area is 160 Å². The quantitative estimate of drug-likeness (QED) is 0.851. The van der Waals surface area contributed by atoms with Gasteiger partial charge >= 0.3 is 0 Å². The molecule has 0 aliphatic carbocycles. The van der Waals surface area contributed by atoms with Crippen molar-refractivity contribution in [2.24, 2.45) is 0 Å². The molecule has 0 spiro atoms. The molecular weight excluding hydrogens is 340 g/mol. The van der Waals surface area contributed by atoms with Gasteiger partial charge in [-0.15, -0.1) is 0 Å². The van der Waals surface area contributed by atoms with Gasteiger partial charge in [0.2, 0.25) is 0 Å². The molecule has 3 rings (SSSR count). The summed E-state index contributed by atoms with van der Waals surface area (Å²) in [5.74, 6) is 6.51. The molecule has 0 bridgehead atoms. The van der Waals surface area contributed by atoms with Crippen LogP contribution in [0.4, 0.5) is 0 Å². The highest BCUT2D eigenvalue weighted by Crippen LogP contribution is 2.20. The van der Waals surface area contributed by atoms with Crippen LogP contribution in [0.1, 0.15) is 42.6 Å².